The van der Waals surface area contributed by atoms with E-state index in [1.54, 1.807) is 0 Å². The zero-order valence-corrected chi connectivity index (χ0v) is 8.24. The average Bonchev–Trinajstić information content (AvgIpc) is 1.86. The van der Waals surface area contributed by atoms with E-state index in [1.165, 1.54) is 12.2 Å². The second kappa shape index (κ2) is 3.11. The lowest BCUT2D eigenvalue weighted by molar-refractivity contribution is 0.268. The number of hydrogen-bond donors (Lipinski definition) is 1. The van der Waals surface area contributed by atoms with Crippen molar-refractivity contribution in [1.82, 2.24) is 0 Å². The Morgan fingerprint density at radius 2 is 2.27 bits per heavy atom. The van der Waals surface area contributed by atoms with Crippen LogP contribution in [0.5, 0.6) is 0 Å². The van der Waals surface area contributed by atoms with E-state index < -0.39 is 10.1 Å². The van der Waals surface area contributed by atoms with Crippen molar-refractivity contribution in [2.75, 3.05) is 0 Å². The lowest BCUT2D eigenvalue weighted by Crippen LogP contribution is -2.07. The van der Waals surface area contributed by atoms with E-state index in [1.807, 2.05) is 22.6 Å². The quantitative estimate of drug-likeness (QED) is 0.445. The molecular weight excluding hydrogens is 283 g/mol. The van der Waals surface area contributed by atoms with Crippen LogP contribution in [0.1, 0.15) is 0 Å². The van der Waals surface area contributed by atoms with Gasteiger partial charge in [0.2, 0.25) is 0 Å². The molecule has 1 N–H and O–H groups in total. The van der Waals surface area contributed by atoms with Gasteiger partial charge in [0.05, 0.1) is 0 Å². The first-order valence-corrected chi connectivity index (χ1v) is 5.34. The lowest BCUT2D eigenvalue weighted by atomic mass is 10.4. The summed E-state index contributed by atoms with van der Waals surface area (Å²) in [5.41, 5.74) is 0. The van der Waals surface area contributed by atoms with Crippen molar-refractivity contribution >= 4 is 32.7 Å². The van der Waals surface area contributed by atoms with Crippen molar-refractivity contribution in [3.05, 3.63) is 23.3 Å². The lowest BCUT2D eigenvalue weighted by Gasteiger charge is -2.09. The highest BCUT2D eigenvalue weighted by Crippen LogP contribution is 2.17. The fourth-order valence-electron chi connectivity index (χ4n) is 0.534. The summed E-state index contributed by atoms with van der Waals surface area (Å²) in [7, 11) is -4.10. The number of halogens is 1. The highest BCUT2D eigenvalue weighted by molar-refractivity contribution is 14.1. The molecule has 0 saturated heterocycles. The third-order valence-corrected chi connectivity index (χ3v) is 2.56. The van der Waals surface area contributed by atoms with Crippen LogP contribution in [-0.2, 0) is 14.9 Å². The summed E-state index contributed by atoms with van der Waals surface area (Å²) in [5, 5.41) is 0. The fraction of sp³-hybridized carbons (Fsp3) is 0.200. The zero-order valence-electron chi connectivity index (χ0n) is 5.27. The molecule has 0 radical (unpaired) electrons. The molecule has 1 aliphatic heterocycles. The van der Waals surface area contributed by atoms with Crippen molar-refractivity contribution in [3.8, 4) is 0 Å². The summed E-state index contributed by atoms with van der Waals surface area (Å²) in [6.07, 6.45) is 3.85. The number of alkyl halides is 1. The average molecular weight is 288 g/mol. The van der Waals surface area contributed by atoms with E-state index >= 15 is 0 Å². The summed E-state index contributed by atoms with van der Waals surface area (Å²) < 4.78 is 34.0. The Labute approximate surface area is 77.8 Å². The van der Waals surface area contributed by atoms with Crippen molar-refractivity contribution in [1.29, 1.82) is 0 Å². The molecule has 62 valence electrons. The molecule has 0 spiro atoms. The Bertz CT molecular complexity index is 302. The van der Waals surface area contributed by atoms with Crippen LogP contribution in [-0.4, -0.2) is 17.1 Å². The van der Waals surface area contributed by atoms with E-state index in [0.29, 0.717) is 0 Å². The molecule has 0 amide bonds. The van der Waals surface area contributed by atoms with Gasteiger partial charge in [0.15, 0.2) is 4.11 Å². The van der Waals surface area contributed by atoms with Crippen LogP contribution in [0, 0.1) is 0 Å². The first-order valence-electron chi connectivity index (χ1n) is 2.65. The summed E-state index contributed by atoms with van der Waals surface area (Å²) in [5.74, 6) is 0. The molecule has 1 heterocycles. The summed E-state index contributed by atoms with van der Waals surface area (Å²) in [4.78, 5) is -0.217. The van der Waals surface area contributed by atoms with Crippen LogP contribution >= 0.6 is 22.6 Å². The molecule has 1 rings (SSSR count). The van der Waals surface area contributed by atoms with Crippen LogP contribution in [0.3, 0.4) is 0 Å². The number of rotatable bonds is 1. The van der Waals surface area contributed by atoms with Crippen LogP contribution in [0.2, 0.25) is 0 Å². The Balaban J connectivity index is 2.89. The third-order valence-electron chi connectivity index (χ3n) is 1.02. The summed E-state index contributed by atoms with van der Waals surface area (Å²) in [6, 6.07) is 0. The van der Waals surface area contributed by atoms with Gasteiger partial charge in [0.1, 0.15) is 11.2 Å². The molecule has 4 nitrogen and oxygen atoms in total. The molecule has 6 heteroatoms. The standard InChI is InChI=1S/C5H5IO4S/c6-5-2-1-4(3-10-5)11(7,8)9/h1-3,5H,(H,7,8,9). The maximum atomic E-state index is 10.4. The van der Waals surface area contributed by atoms with Gasteiger partial charge in [-0.05, 0) is 34.7 Å². The van der Waals surface area contributed by atoms with Crippen molar-refractivity contribution < 1.29 is 17.7 Å². The second-order valence-corrected chi connectivity index (χ2v) is 4.49. The van der Waals surface area contributed by atoms with Crippen molar-refractivity contribution in [2.45, 2.75) is 4.11 Å². The molecule has 0 saturated carbocycles. The smallest absolute Gasteiger partial charge is 0.297 e. The Kier molecular flexibility index (Phi) is 2.55. The van der Waals surface area contributed by atoms with Gasteiger partial charge in [-0.15, -0.1) is 0 Å². The highest BCUT2D eigenvalue weighted by Gasteiger charge is 2.15. The third kappa shape index (κ3) is 2.46. The summed E-state index contributed by atoms with van der Waals surface area (Å²) in [6.45, 7) is 0. The first kappa shape index (κ1) is 9.01. The normalized spacial score (nSPS) is 24.2. The van der Waals surface area contributed by atoms with Crippen LogP contribution in [0.25, 0.3) is 0 Å². The predicted octanol–water partition coefficient (Wildman–Crippen LogP) is 1.06. The van der Waals surface area contributed by atoms with Crippen LogP contribution in [0.15, 0.2) is 23.3 Å². The molecule has 0 aromatic rings. The highest BCUT2D eigenvalue weighted by atomic mass is 127. The second-order valence-electron chi connectivity index (χ2n) is 1.84. The number of ether oxygens (including phenoxy) is 1. The largest absolute Gasteiger partial charge is 0.482 e. The van der Waals surface area contributed by atoms with E-state index in [4.69, 9.17) is 9.29 Å². The van der Waals surface area contributed by atoms with Gasteiger partial charge in [0, 0.05) is 0 Å². The minimum atomic E-state index is -4.10. The minimum Gasteiger partial charge on any atom is -0.482 e. The molecule has 1 unspecified atom stereocenters. The van der Waals surface area contributed by atoms with Gasteiger partial charge in [-0.2, -0.15) is 8.42 Å². The Morgan fingerprint density at radius 1 is 1.64 bits per heavy atom. The Morgan fingerprint density at radius 3 is 2.64 bits per heavy atom. The first-order chi connectivity index (χ1) is 5.00. The molecule has 1 atom stereocenters. The minimum absolute atomic E-state index is 0.168. The molecule has 0 aromatic carbocycles. The molecule has 0 aromatic heterocycles. The van der Waals surface area contributed by atoms with Gasteiger partial charge in [0.25, 0.3) is 10.1 Å². The number of allylic oxidation sites excluding steroid dienone is 1. The molecule has 0 aliphatic carbocycles. The van der Waals surface area contributed by atoms with E-state index in [9.17, 15) is 8.42 Å². The molecule has 0 fully saturated rings. The SMILES string of the molecule is O=S(=O)(O)C1=COC(I)C=C1. The molecule has 1 aliphatic rings. The number of hydrogen-bond acceptors (Lipinski definition) is 3. The van der Waals surface area contributed by atoms with Gasteiger partial charge in [-0.3, -0.25) is 4.55 Å². The van der Waals surface area contributed by atoms with Crippen molar-refractivity contribution in [3.63, 3.8) is 0 Å². The zero-order chi connectivity index (χ0) is 8.48. The molecule has 11 heavy (non-hydrogen) atoms. The Hall–Kier alpha value is -0.0800. The monoisotopic (exact) mass is 288 g/mol. The van der Waals surface area contributed by atoms with Crippen molar-refractivity contribution in [2.24, 2.45) is 0 Å². The van der Waals surface area contributed by atoms with Crippen LogP contribution in [0.4, 0.5) is 0 Å². The summed E-state index contributed by atoms with van der Waals surface area (Å²) >= 11 is 1.96. The predicted molar refractivity (Wildman–Crippen MR) is 47.7 cm³/mol. The topological polar surface area (TPSA) is 63.6 Å². The maximum absolute atomic E-state index is 10.4. The molecular formula is C5H5IO4S. The fourth-order valence-corrected chi connectivity index (χ4v) is 1.32. The van der Waals surface area contributed by atoms with Gasteiger partial charge >= 0.3 is 0 Å². The van der Waals surface area contributed by atoms with Gasteiger partial charge in [-0.25, -0.2) is 0 Å². The van der Waals surface area contributed by atoms with E-state index in [2.05, 4.69) is 0 Å². The van der Waals surface area contributed by atoms with Crippen LogP contribution < -0.4 is 0 Å². The van der Waals surface area contributed by atoms with Gasteiger partial charge in [-0.1, -0.05) is 0 Å². The molecule has 0 bridgehead atoms. The van der Waals surface area contributed by atoms with Gasteiger partial charge < -0.3 is 4.74 Å². The van der Waals surface area contributed by atoms with E-state index in [0.717, 1.165) is 6.26 Å². The maximum Gasteiger partial charge on any atom is 0.297 e. The van der Waals surface area contributed by atoms with E-state index in [-0.39, 0.29) is 9.02 Å².